The predicted molar refractivity (Wildman–Crippen MR) is 71.3 cm³/mol. The summed E-state index contributed by atoms with van der Waals surface area (Å²) in [6, 6.07) is 0.0746. The number of nitrogens with zero attached hydrogens (tertiary/aromatic N) is 4. The van der Waals surface area contributed by atoms with Crippen molar-refractivity contribution >= 4 is 22.8 Å². The Kier molecular flexibility index (Phi) is 3.06. The average Bonchev–Trinajstić information content (AvgIpc) is 2.63. The second-order valence-electron chi connectivity index (χ2n) is 5.02. The van der Waals surface area contributed by atoms with Gasteiger partial charge >= 0.3 is 5.69 Å². The first-order valence-electron chi connectivity index (χ1n) is 6.35. The van der Waals surface area contributed by atoms with Crippen molar-refractivity contribution in [3.8, 4) is 0 Å². The molecule has 0 saturated heterocycles. The van der Waals surface area contributed by atoms with E-state index in [1.165, 1.54) is 4.57 Å². The highest BCUT2D eigenvalue weighted by Gasteiger charge is 2.25. The SMILES string of the molecule is Cn1c(=O)n([C@H]2CC[C@@H](O)CC2)c2nc(Cl)ncc21. The maximum atomic E-state index is 12.3. The lowest BCUT2D eigenvalue weighted by Crippen LogP contribution is -2.30. The molecule has 0 radical (unpaired) electrons. The zero-order chi connectivity index (χ0) is 13.6. The molecule has 2 aromatic rings. The van der Waals surface area contributed by atoms with Gasteiger partial charge in [-0.15, -0.1) is 0 Å². The van der Waals surface area contributed by atoms with Gasteiger partial charge in [-0.2, -0.15) is 4.98 Å². The zero-order valence-corrected chi connectivity index (χ0v) is 11.3. The summed E-state index contributed by atoms with van der Waals surface area (Å²) in [6.45, 7) is 0. The van der Waals surface area contributed by atoms with Gasteiger partial charge in [0.05, 0.1) is 12.3 Å². The summed E-state index contributed by atoms with van der Waals surface area (Å²) in [5.74, 6) is 0. The second kappa shape index (κ2) is 4.61. The predicted octanol–water partition coefficient (Wildman–Crippen LogP) is 1.26. The molecule has 19 heavy (non-hydrogen) atoms. The van der Waals surface area contributed by atoms with Crippen LogP contribution in [0.3, 0.4) is 0 Å². The van der Waals surface area contributed by atoms with E-state index in [9.17, 15) is 9.90 Å². The van der Waals surface area contributed by atoms with Gasteiger partial charge in [0.25, 0.3) is 0 Å². The average molecular weight is 283 g/mol. The van der Waals surface area contributed by atoms with Crippen molar-refractivity contribution in [3.05, 3.63) is 22.0 Å². The molecule has 0 unspecified atom stereocenters. The first-order chi connectivity index (χ1) is 9.08. The van der Waals surface area contributed by atoms with Crippen LogP contribution < -0.4 is 5.69 Å². The molecule has 0 amide bonds. The number of aliphatic hydroxyl groups is 1. The van der Waals surface area contributed by atoms with Gasteiger partial charge in [0.15, 0.2) is 5.65 Å². The smallest absolute Gasteiger partial charge is 0.330 e. The highest BCUT2D eigenvalue weighted by Crippen LogP contribution is 2.29. The molecule has 0 aromatic carbocycles. The minimum absolute atomic E-state index is 0.0746. The Hall–Kier alpha value is -1.40. The number of hydrogen-bond acceptors (Lipinski definition) is 4. The maximum Gasteiger partial charge on any atom is 0.330 e. The van der Waals surface area contributed by atoms with Gasteiger partial charge in [-0.05, 0) is 37.3 Å². The van der Waals surface area contributed by atoms with Gasteiger partial charge in [0.1, 0.15) is 5.52 Å². The van der Waals surface area contributed by atoms with E-state index in [0.717, 1.165) is 12.8 Å². The van der Waals surface area contributed by atoms with Crippen LogP contribution in [-0.4, -0.2) is 30.3 Å². The number of rotatable bonds is 1. The van der Waals surface area contributed by atoms with E-state index in [-0.39, 0.29) is 23.1 Å². The number of aliphatic hydroxyl groups excluding tert-OH is 1. The van der Waals surface area contributed by atoms with E-state index in [1.54, 1.807) is 17.8 Å². The third-order valence-corrected chi connectivity index (χ3v) is 4.02. The van der Waals surface area contributed by atoms with E-state index in [1.807, 2.05) is 0 Å². The van der Waals surface area contributed by atoms with Gasteiger partial charge in [0.2, 0.25) is 5.28 Å². The molecule has 1 N–H and O–H groups in total. The number of hydrogen-bond donors (Lipinski definition) is 1. The highest BCUT2D eigenvalue weighted by atomic mass is 35.5. The van der Waals surface area contributed by atoms with E-state index in [4.69, 9.17) is 11.6 Å². The van der Waals surface area contributed by atoms with E-state index < -0.39 is 0 Å². The number of aromatic nitrogens is 4. The van der Waals surface area contributed by atoms with Crippen LogP contribution in [-0.2, 0) is 7.05 Å². The molecule has 3 rings (SSSR count). The van der Waals surface area contributed by atoms with Crippen molar-refractivity contribution in [3.63, 3.8) is 0 Å². The number of imidazole rings is 1. The minimum Gasteiger partial charge on any atom is -0.393 e. The second-order valence-corrected chi connectivity index (χ2v) is 5.36. The van der Waals surface area contributed by atoms with E-state index in [0.29, 0.717) is 24.0 Å². The standard InChI is InChI=1S/C12H15ClN4O2/c1-16-9-6-14-11(13)15-10(9)17(12(16)19)7-2-4-8(18)5-3-7/h6-8,18H,2-5H2,1H3/t7-,8+. The molecule has 0 atom stereocenters. The summed E-state index contributed by atoms with van der Waals surface area (Å²) >= 11 is 5.83. The van der Waals surface area contributed by atoms with Crippen LogP contribution in [0.5, 0.6) is 0 Å². The monoisotopic (exact) mass is 282 g/mol. The number of fused-ring (bicyclic) bond motifs is 1. The van der Waals surface area contributed by atoms with Gasteiger partial charge in [-0.1, -0.05) is 0 Å². The topological polar surface area (TPSA) is 72.9 Å². The van der Waals surface area contributed by atoms with Crippen LogP contribution in [0.2, 0.25) is 5.28 Å². The van der Waals surface area contributed by atoms with Crippen molar-refractivity contribution in [1.29, 1.82) is 0 Å². The Bertz CT molecular complexity index is 670. The van der Waals surface area contributed by atoms with Crippen LogP contribution in [0.25, 0.3) is 11.2 Å². The first-order valence-corrected chi connectivity index (χ1v) is 6.73. The molecule has 0 aliphatic heterocycles. The largest absolute Gasteiger partial charge is 0.393 e. The molecule has 0 spiro atoms. The van der Waals surface area contributed by atoms with Crippen LogP contribution in [0.1, 0.15) is 31.7 Å². The van der Waals surface area contributed by atoms with Crippen molar-refractivity contribution in [2.45, 2.75) is 37.8 Å². The van der Waals surface area contributed by atoms with Gasteiger partial charge < -0.3 is 5.11 Å². The number of aryl methyl sites for hydroxylation is 1. The summed E-state index contributed by atoms with van der Waals surface area (Å²) in [6.07, 6.45) is 4.31. The van der Waals surface area contributed by atoms with Crippen LogP contribution >= 0.6 is 11.6 Å². The quantitative estimate of drug-likeness (QED) is 0.799. The third-order valence-electron chi connectivity index (χ3n) is 3.83. The Balaban J connectivity index is 2.15. The van der Waals surface area contributed by atoms with E-state index in [2.05, 4.69) is 9.97 Å². The fraction of sp³-hybridized carbons (Fsp3) is 0.583. The molecule has 2 aromatic heterocycles. The lowest BCUT2D eigenvalue weighted by molar-refractivity contribution is 0.110. The van der Waals surface area contributed by atoms with Crippen LogP contribution in [0.15, 0.2) is 11.0 Å². The lowest BCUT2D eigenvalue weighted by Gasteiger charge is -2.25. The van der Waals surface area contributed by atoms with Crippen molar-refractivity contribution in [1.82, 2.24) is 19.1 Å². The molecule has 1 fully saturated rings. The number of halogens is 1. The molecule has 102 valence electrons. The Morgan fingerprint density at radius 1 is 1.37 bits per heavy atom. The first kappa shape index (κ1) is 12.6. The fourth-order valence-corrected chi connectivity index (χ4v) is 2.89. The molecule has 1 aliphatic carbocycles. The van der Waals surface area contributed by atoms with E-state index >= 15 is 0 Å². The molecule has 1 saturated carbocycles. The van der Waals surface area contributed by atoms with Crippen molar-refractivity contribution < 1.29 is 5.11 Å². The summed E-state index contributed by atoms with van der Waals surface area (Å²) in [5.41, 5.74) is 1.15. The van der Waals surface area contributed by atoms with Crippen LogP contribution in [0, 0.1) is 0 Å². The summed E-state index contributed by atoms with van der Waals surface area (Å²) in [5, 5.41) is 9.71. The summed E-state index contributed by atoms with van der Waals surface area (Å²) in [4.78, 5) is 20.4. The van der Waals surface area contributed by atoms with Crippen molar-refractivity contribution in [2.75, 3.05) is 0 Å². The molecule has 6 nitrogen and oxygen atoms in total. The van der Waals surface area contributed by atoms with Gasteiger partial charge in [-0.3, -0.25) is 9.13 Å². The Labute approximate surface area is 114 Å². The molecular weight excluding hydrogens is 268 g/mol. The Morgan fingerprint density at radius 3 is 2.74 bits per heavy atom. The van der Waals surface area contributed by atoms with Crippen LogP contribution in [0.4, 0.5) is 0 Å². The zero-order valence-electron chi connectivity index (χ0n) is 10.6. The van der Waals surface area contributed by atoms with Gasteiger partial charge in [-0.25, -0.2) is 9.78 Å². The normalized spacial score (nSPS) is 23.9. The highest BCUT2D eigenvalue weighted by molar-refractivity contribution is 6.28. The Morgan fingerprint density at radius 2 is 2.05 bits per heavy atom. The molecule has 0 bridgehead atoms. The molecule has 7 heteroatoms. The molecule has 1 aliphatic rings. The molecule has 2 heterocycles. The summed E-state index contributed by atoms with van der Waals surface area (Å²) < 4.78 is 3.23. The fourth-order valence-electron chi connectivity index (χ4n) is 2.76. The summed E-state index contributed by atoms with van der Waals surface area (Å²) in [7, 11) is 1.70. The minimum atomic E-state index is -0.250. The molecular formula is C12H15ClN4O2. The van der Waals surface area contributed by atoms with Crippen molar-refractivity contribution in [2.24, 2.45) is 7.05 Å². The third kappa shape index (κ3) is 2.04. The lowest BCUT2D eigenvalue weighted by atomic mass is 9.93. The maximum absolute atomic E-state index is 12.3. The van der Waals surface area contributed by atoms with Gasteiger partial charge in [0, 0.05) is 13.1 Å².